The van der Waals surface area contributed by atoms with Crippen LogP contribution in [0.1, 0.15) is 0 Å². The van der Waals surface area contributed by atoms with Gasteiger partial charge in [-0.2, -0.15) is 0 Å². The summed E-state index contributed by atoms with van der Waals surface area (Å²) in [7, 11) is 0. The maximum Gasteiger partial charge on any atom is -0.00261 e. The van der Waals surface area contributed by atoms with Gasteiger partial charge in [0.25, 0.3) is 0 Å². The molecule has 38 heavy (non-hydrogen) atoms. The van der Waals surface area contributed by atoms with Crippen LogP contribution in [0.4, 0.5) is 0 Å². The average Bonchev–Trinajstić information content (AvgIpc) is 2.97. The molecular formula is C38H22. The van der Waals surface area contributed by atoms with E-state index in [1.54, 1.807) is 0 Å². The Bertz CT molecular complexity index is 1920. The summed E-state index contributed by atoms with van der Waals surface area (Å²) in [5, 5.41) is 5.21. The minimum absolute atomic E-state index is 1.28. The molecule has 0 saturated carbocycles. The molecule has 9 rings (SSSR count). The molecule has 0 spiro atoms. The van der Waals surface area contributed by atoms with Crippen molar-refractivity contribution in [1.82, 2.24) is 0 Å². The summed E-state index contributed by atoms with van der Waals surface area (Å²) in [5.41, 5.74) is 16.1. The topological polar surface area (TPSA) is 0 Å². The summed E-state index contributed by atoms with van der Waals surface area (Å²) in [5.74, 6) is 0. The first-order chi connectivity index (χ1) is 18.9. The molecule has 0 unspecified atom stereocenters. The fourth-order valence-corrected chi connectivity index (χ4v) is 6.85. The van der Waals surface area contributed by atoms with Gasteiger partial charge in [0, 0.05) is 0 Å². The van der Waals surface area contributed by atoms with Crippen LogP contribution in [-0.4, -0.2) is 0 Å². The van der Waals surface area contributed by atoms with Gasteiger partial charge in [-0.05, 0) is 100 Å². The van der Waals surface area contributed by atoms with Crippen LogP contribution in [0.5, 0.6) is 0 Å². The molecule has 0 nitrogen and oxygen atoms in total. The molecule has 2 aliphatic rings. The van der Waals surface area contributed by atoms with Crippen molar-refractivity contribution in [1.29, 1.82) is 0 Å². The Hall–Kier alpha value is -4.94. The van der Waals surface area contributed by atoms with Gasteiger partial charge in [0.05, 0.1) is 0 Å². The van der Waals surface area contributed by atoms with Crippen molar-refractivity contribution in [3.63, 3.8) is 0 Å². The Kier molecular flexibility index (Phi) is 3.88. The summed E-state index contributed by atoms with van der Waals surface area (Å²) in [6, 6.07) is 49.4. The van der Waals surface area contributed by atoms with E-state index in [0.717, 1.165) is 0 Å². The van der Waals surface area contributed by atoms with Crippen molar-refractivity contribution in [3.8, 4) is 66.8 Å². The standard InChI is InChI=1S/C38H22/c1-3-11-27-25(9-1)29-19-17-23(21-35(27)29)37-31-13-5-7-15-33(31)38(34-16-8-6-14-32(34)37)24-18-20-30-26-10-2-4-12-28(26)36(30)22-24/h1-22H. The summed E-state index contributed by atoms with van der Waals surface area (Å²) in [4.78, 5) is 0. The number of hydrogen-bond donors (Lipinski definition) is 0. The van der Waals surface area contributed by atoms with E-state index in [1.165, 1.54) is 88.3 Å². The molecule has 0 fully saturated rings. The molecule has 0 amide bonds. The second-order valence-corrected chi connectivity index (χ2v) is 10.5. The third-order valence-corrected chi connectivity index (χ3v) is 8.56. The summed E-state index contributed by atoms with van der Waals surface area (Å²) in [6.45, 7) is 0. The highest BCUT2D eigenvalue weighted by molar-refractivity contribution is 6.22. The predicted octanol–water partition coefficient (Wildman–Crippen LogP) is 10.6. The third-order valence-electron chi connectivity index (χ3n) is 8.56. The molecule has 174 valence electrons. The van der Waals surface area contributed by atoms with Crippen molar-refractivity contribution >= 4 is 21.5 Å². The fraction of sp³-hybridized carbons (Fsp3) is 0. The number of rotatable bonds is 2. The Labute approximate surface area is 221 Å². The van der Waals surface area contributed by atoms with E-state index < -0.39 is 0 Å². The van der Waals surface area contributed by atoms with E-state index in [4.69, 9.17) is 0 Å². The summed E-state index contributed by atoms with van der Waals surface area (Å²) >= 11 is 0. The number of fused-ring (bicyclic) bond motifs is 10. The van der Waals surface area contributed by atoms with Crippen molar-refractivity contribution in [3.05, 3.63) is 133 Å². The van der Waals surface area contributed by atoms with Crippen LogP contribution in [-0.2, 0) is 0 Å². The maximum absolute atomic E-state index is 2.40. The lowest BCUT2D eigenvalue weighted by molar-refractivity contribution is 1.51. The maximum atomic E-state index is 2.40. The lowest BCUT2D eigenvalue weighted by Gasteiger charge is -2.26. The van der Waals surface area contributed by atoms with Gasteiger partial charge >= 0.3 is 0 Å². The molecule has 2 aliphatic carbocycles. The fourth-order valence-electron chi connectivity index (χ4n) is 6.85. The molecule has 0 heterocycles. The Morgan fingerprint density at radius 1 is 0.237 bits per heavy atom. The Morgan fingerprint density at radius 3 is 0.895 bits per heavy atom. The van der Waals surface area contributed by atoms with Gasteiger partial charge < -0.3 is 0 Å². The Morgan fingerprint density at radius 2 is 0.526 bits per heavy atom. The zero-order valence-electron chi connectivity index (χ0n) is 20.7. The summed E-state index contributed by atoms with van der Waals surface area (Å²) < 4.78 is 0. The molecule has 0 aromatic heterocycles. The second-order valence-electron chi connectivity index (χ2n) is 10.5. The van der Waals surface area contributed by atoms with Gasteiger partial charge in [0.2, 0.25) is 0 Å². The van der Waals surface area contributed by atoms with Crippen LogP contribution in [0, 0.1) is 0 Å². The first-order valence-electron chi connectivity index (χ1n) is 13.3. The first kappa shape index (κ1) is 20.2. The highest BCUT2D eigenvalue weighted by Gasteiger charge is 2.25. The van der Waals surface area contributed by atoms with Gasteiger partial charge in [0.15, 0.2) is 0 Å². The molecular weight excluding hydrogens is 456 g/mol. The highest BCUT2D eigenvalue weighted by Crippen LogP contribution is 2.52. The van der Waals surface area contributed by atoms with E-state index >= 15 is 0 Å². The van der Waals surface area contributed by atoms with Crippen molar-refractivity contribution < 1.29 is 0 Å². The van der Waals surface area contributed by atoms with Crippen LogP contribution in [0.15, 0.2) is 133 Å². The normalized spacial score (nSPS) is 12.2. The van der Waals surface area contributed by atoms with E-state index in [1.807, 2.05) is 0 Å². The van der Waals surface area contributed by atoms with Gasteiger partial charge in [-0.25, -0.2) is 0 Å². The van der Waals surface area contributed by atoms with E-state index in [9.17, 15) is 0 Å². The van der Waals surface area contributed by atoms with Crippen LogP contribution >= 0.6 is 0 Å². The Balaban J connectivity index is 1.32. The van der Waals surface area contributed by atoms with Crippen molar-refractivity contribution in [2.45, 2.75) is 0 Å². The quantitative estimate of drug-likeness (QED) is 0.217. The minimum atomic E-state index is 1.28. The summed E-state index contributed by atoms with van der Waals surface area (Å²) in [6.07, 6.45) is 0. The molecule has 0 saturated heterocycles. The van der Waals surface area contributed by atoms with Crippen LogP contribution in [0.2, 0.25) is 0 Å². The molecule has 7 aromatic rings. The largest absolute Gasteiger partial charge is 0.0616 e. The van der Waals surface area contributed by atoms with E-state index in [2.05, 4.69) is 133 Å². The molecule has 0 aliphatic heterocycles. The second kappa shape index (κ2) is 7.31. The van der Waals surface area contributed by atoms with Gasteiger partial charge in [-0.3, -0.25) is 0 Å². The zero-order chi connectivity index (χ0) is 24.8. The first-order valence-corrected chi connectivity index (χ1v) is 13.3. The van der Waals surface area contributed by atoms with Crippen LogP contribution in [0.3, 0.4) is 0 Å². The van der Waals surface area contributed by atoms with Crippen molar-refractivity contribution in [2.75, 3.05) is 0 Å². The minimum Gasteiger partial charge on any atom is -0.0616 e. The third kappa shape index (κ3) is 2.54. The molecule has 0 radical (unpaired) electrons. The molecule has 7 aromatic carbocycles. The molecule has 0 N–H and O–H groups in total. The van der Waals surface area contributed by atoms with Crippen LogP contribution < -0.4 is 0 Å². The lowest BCUT2D eigenvalue weighted by Crippen LogP contribution is -1.99. The zero-order valence-corrected chi connectivity index (χ0v) is 20.7. The molecule has 0 heteroatoms. The SMILES string of the molecule is c1ccc2c(c1)-c1ccc(-c3c4ccccc4c(-c4ccc5c(c4)-c4ccccc4-5)c4ccccc34)cc1-2. The van der Waals surface area contributed by atoms with Gasteiger partial charge in [0.1, 0.15) is 0 Å². The monoisotopic (exact) mass is 478 g/mol. The average molecular weight is 479 g/mol. The van der Waals surface area contributed by atoms with Gasteiger partial charge in [-0.15, -0.1) is 0 Å². The molecule has 0 bridgehead atoms. The lowest BCUT2D eigenvalue weighted by atomic mass is 9.77. The van der Waals surface area contributed by atoms with Gasteiger partial charge in [-0.1, -0.05) is 121 Å². The van der Waals surface area contributed by atoms with Crippen LogP contribution in [0.25, 0.3) is 88.3 Å². The molecule has 0 atom stereocenters. The number of benzene rings is 7. The number of hydrogen-bond acceptors (Lipinski definition) is 0. The predicted molar refractivity (Wildman–Crippen MR) is 161 cm³/mol. The highest BCUT2D eigenvalue weighted by atomic mass is 14.3. The smallest absolute Gasteiger partial charge is 0.00261 e. The van der Waals surface area contributed by atoms with E-state index in [0.29, 0.717) is 0 Å². The van der Waals surface area contributed by atoms with E-state index in [-0.39, 0.29) is 0 Å². The van der Waals surface area contributed by atoms with Crippen molar-refractivity contribution in [2.24, 2.45) is 0 Å².